The van der Waals surface area contributed by atoms with Crippen molar-refractivity contribution in [2.75, 3.05) is 40.9 Å². The molecule has 0 rings (SSSR count). The molecule has 2 N–H and O–H groups in total. The molecular formula is C61H118N2O7P+. The van der Waals surface area contributed by atoms with Crippen LogP contribution in [0.2, 0.25) is 0 Å². The summed E-state index contributed by atoms with van der Waals surface area (Å²) in [4.78, 5) is 37.6. The van der Waals surface area contributed by atoms with Crippen molar-refractivity contribution in [3.63, 3.8) is 0 Å². The van der Waals surface area contributed by atoms with Gasteiger partial charge in [0.25, 0.3) is 0 Å². The lowest BCUT2D eigenvalue weighted by Crippen LogP contribution is -2.47. The van der Waals surface area contributed by atoms with Gasteiger partial charge in [0, 0.05) is 12.8 Å². The number of carbonyl (C=O) groups excluding carboxylic acids is 2. The second-order valence-electron chi connectivity index (χ2n) is 21.9. The Labute approximate surface area is 440 Å². The molecule has 0 saturated heterocycles. The highest BCUT2D eigenvalue weighted by atomic mass is 31.2. The summed E-state index contributed by atoms with van der Waals surface area (Å²) in [5.74, 6) is -0.499. The number of hydrogen-bond acceptors (Lipinski definition) is 6. The number of hydrogen-bond donors (Lipinski definition) is 2. The van der Waals surface area contributed by atoms with E-state index in [4.69, 9.17) is 13.8 Å². The molecule has 0 saturated carbocycles. The molecular weight excluding hydrogens is 904 g/mol. The van der Waals surface area contributed by atoms with Crippen LogP contribution < -0.4 is 5.32 Å². The third-order valence-corrected chi connectivity index (χ3v) is 14.6. The van der Waals surface area contributed by atoms with Crippen LogP contribution in [0.4, 0.5) is 0 Å². The SMILES string of the molecule is CCCCC/C=C\C/C=C\CCCCCCCCCCCC(=O)NC(COP(=O)(O)OCC[N+](C)(C)C)C(/C=C/CCCCCCCCCCC)OC(=O)CCCCCCCCCCCCCCCCC. The number of phosphoric acid groups is 1. The first-order valence-electron chi connectivity index (χ1n) is 30.3. The van der Waals surface area contributed by atoms with E-state index in [0.29, 0.717) is 23.9 Å². The van der Waals surface area contributed by atoms with Crippen molar-refractivity contribution in [2.45, 2.75) is 303 Å². The predicted octanol–water partition coefficient (Wildman–Crippen LogP) is 18.3. The summed E-state index contributed by atoms with van der Waals surface area (Å²) in [7, 11) is 1.50. The Morgan fingerprint density at radius 3 is 1.30 bits per heavy atom. The molecule has 9 nitrogen and oxygen atoms in total. The molecule has 0 bridgehead atoms. The summed E-state index contributed by atoms with van der Waals surface area (Å²) in [6, 6.07) is -0.845. The topological polar surface area (TPSA) is 111 Å². The number of unbranched alkanes of at least 4 members (excludes halogenated alkanes) is 35. The molecule has 0 radical (unpaired) electrons. The summed E-state index contributed by atoms with van der Waals surface area (Å²) >= 11 is 0. The highest BCUT2D eigenvalue weighted by Crippen LogP contribution is 2.43. The molecule has 0 aliphatic heterocycles. The Bertz CT molecular complexity index is 1310. The van der Waals surface area contributed by atoms with Gasteiger partial charge in [-0.15, -0.1) is 0 Å². The van der Waals surface area contributed by atoms with Crippen LogP contribution in [-0.4, -0.2) is 74.3 Å². The monoisotopic (exact) mass is 1020 g/mol. The molecule has 3 unspecified atom stereocenters. The largest absolute Gasteiger partial charge is 0.472 e. The second-order valence-corrected chi connectivity index (χ2v) is 23.3. The molecule has 0 aromatic rings. The van der Waals surface area contributed by atoms with Gasteiger partial charge >= 0.3 is 13.8 Å². The summed E-state index contributed by atoms with van der Waals surface area (Å²) in [6.07, 6.45) is 61.3. The molecule has 1 amide bonds. The van der Waals surface area contributed by atoms with Crippen molar-refractivity contribution in [2.24, 2.45) is 0 Å². The van der Waals surface area contributed by atoms with E-state index in [2.05, 4.69) is 50.4 Å². The lowest BCUT2D eigenvalue weighted by atomic mass is 10.0. The van der Waals surface area contributed by atoms with Crippen molar-refractivity contribution < 1.29 is 37.3 Å². The third kappa shape index (κ3) is 52.9. The maximum atomic E-state index is 13.5. The zero-order valence-electron chi connectivity index (χ0n) is 47.7. The number of allylic oxidation sites excluding steroid dienone is 5. The van der Waals surface area contributed by atoms with Crippen LogP contribution in [0, 0.1) is 0 Å². The van der Waals surface area contributed by atoms with Gasteiger partial charge in [-0.1, -0.05) is 250 Å². The van der Waals surface area contributed by atoms with Crippen LogP contribution >= 0.6 is 7.82 Å². The molecule has 0 aromatic heterocycles. The maximum Gasteiger partial charge on any atom is 0.472 e. The Morgan fingerprint density at radius 1 is 0.493 bits per heavy atom. The van der Waals surface area contributed by atoms with Crippen molar-refractivity contribution in [1.82, 2.24) is 5.32 Å². The molecule has 0 fully saturated rings. The molecule has 0 heterocycles. The Balaban J connectivity index is 5.23. The zero-order valence-corrected chi connectivity index (χ0v) is 48.6. The fraction of sp³-hybridized carbons (Fsp3) is 0.869. The number of phosphoric ester groups is 1. The van der Waals surface area contributed by atoms with Crippen LogP contribution in [-0.2, 0) is 27.9 Å². The van der Waals surface area contributed by atoms with E-state index < -0.39 is 20.0 Å². The van der Waals surface area contributed by atoms with Crippen molar-refractivity contribution in [3.8, 4) is 0 Å². The average Bonchev–Trinajstić information content (AvgIpc) is 3.33. The van der Waals surface area contributed by atoms with E-state index in [1.807, 2.05) is 33.3 Å². The molecule has 0 aromatic carbocycles. The minimum Gasteiger partial charge on any atom is -0.456 e. The van der Waals surface area contributed by atoms with Crippen LogP contribution in [0.15, 0.2) is 36.5 Å². The summed E-state index contributed by atoms with van der Waals surface area (Å²) in [5, 5.41) is 3.05. The standard InChI is InChI=1S/C61H117N2O7P/c1-7-10-13-16-19-22-25-27-29-30-31-32-34-35-38-41-44-47-50-53-60(64)62-58(57-69-71(66,67)68-56-55-63(4,5)6)59(52-49-46-43-40-37-24-21-18-15-12-9-3)70-61(65)54-51-48-45-42-39-36-33-28-26-23-20-17-14-11-8-2/h19,22,27,29,49,52,58-59H,7-18,20-21,23-26,28,30-48,50-51,53-57H2,1-6H3,(H-,62,64,66,67)/p+1/b22-19-,29-27-,52-49+. The number of carbonyl (C=O) groups is 2. The molecule has 0 aliphatic carbocycles. The van der Waals surface area contributed by atoms with Gasteiger partial charge in [0.05, 0.1) is 33.8 Å². The summed E-state index contributed by atoms with van der Waals surface area (Å²) in [5.41, 5.74) is 0. The number of rotatable bonds is 55. The van der Waals surface area contributed by atoms with Gasteiger partial charge in [0.1, 0.15) is 19.3 Å². The lowest BCUT2D eigenvalue weighted by Gasteiger charge is -2.27. The van der Waals surface area contributed by atoms with Crippen molar-refractivity contribution >= 4 is 19.7 Å². The quantitative estimate of drug-likeness (QED) is 0.0205. The number of esters is 1. The number of likely N-dealkylation sites (N-methyl/N-ethyl adjacent to an activating group) is 1. The normalized spacial score (nSPS) is 14.0. The first kappa shape index (κ1) is 69.2. The fourth-order valence-corrected chi connectivity index (χ4v) is 9.59. The highest BCUT2D eigenvalue weighted by molar-refractivity contribution is 7.47. The predicted molar refractivity (Wildman–Crippen MR) is 305 cm³/mol. The van der Waals surface area contributed by atoms with E-state index in [1.165, 1.54) is 193 Å². The smallest absolute Gasteiger partial charge is 0.456 e. The fourth-order valence-electron chi connectivity index (χ4n) is 8.85. The minimum absolute atomic E-state index is 0.0415. The highest BCUT2D eigenvalue weighted by Gasteiger charge is 2.30. The van der Waals surface area contributed by atoms with Gasteiger partial charge in [-0.3, -0.25) is 18.6 Å². The number of quaternary nitrogens is 1. The average molecular weight is 1020 g/mol. The summed E-state index contributed by atoms with van der Waals surface area (Å²) < 4.78 is 30.7. The third-order valence-electron chi connectivity index (χ3n) is 13.6. The van der Waals surface area contributed by atoms with Gasteiger partial charge in [-0.05, 0) is 63.9 Å². The van der Waals surface area contributed by atoms with Gasteiger partial charge in [0.2, 0.25) is 5.91 Å². The molecule has 0 aliphatic rings. The maximum absolute atomic E-state index is 13.5. The van der Waals surface area contributed by atoms with E-state index in [0.717, 1.165) is 64.2 Å². The Morgan fingerprint density at radius 2 is 0.859 bits per heavy atom. The first-order valence-corrected chi connectivity index (χ1v) is 31.8. The van der Waals surface area contributed by atoms with Gasteiger partial charge in [0.15, 0.2) is 0 Å². The Hall–Kier alpha value is -1.77. The van der Waals surface area contributed by atoms with Crippen LogP contribution in [0.3, 0.4) is 0 Å². The van der Waals surface area contributed by atoms with E-state index in [-0.39, 0.29) is 25.1 Å². The van der Waals surface area contributed by atoms with Crippen LogP contribution in [0.5, 0.6) is 0 Å². The number of amides is 1. The Kier molecular flexibility index (Phi) is 50.4. The van der Waals surface area contributed by atoms with Crippen molar-refractivity contribution in [3.05, 3.63) is 36.5 Å². The van der Waals surface area contributed by atoms with E-state index in [9.17, 15) is 19.0 Å². The van der Waals surface area contributed by atoms with Crippen molar-refractivity contribution in [1.29, 1.82) is 0 Å². The van der Waals surface area contributed by atoms with Crippen LogP contribution in [0.1, 0.15) is 290 Å². The lowest BCUT2D eigenvalue weighted by molar-refractivity contribution is -0.870. The van der Waals surface area contributed by atoms with Gasteiger partial charge in [-0.25, -0.2) is 4.57 Å². The zero-order chi connectivity index (χ0) is 52.2. The first-order chi connectivity index (χ1) is 34.4. The number of nitrogens with zero attached hydrogens (tertiary/aromatic N) is 1. The van der Waals surface area contributed by atoms with Gasteiger partial charge < -0.3 is 19.4 Å². The molecule has 3 atom stereocenters. The molecule has 10 heteroatoms. The number of nitrogens with one attached hydrogen (secondary N) is 1. The van der Waals surface area contributed by atoms with Crippen LogP contribution in [0.25, 0.3) is 0 Å². The second kappa shape index (κ2) is 51.7. The van der Waals surface area contributed by atoms with E-state index in [1.54, 1.807) is 0 Å². The van der Waals surface area contributed by atoms with E-state index >= 15 is 0 Å². The molecule has 418 valence electrons. The minimum atomic E-state index is -4.44. The number of ether oxygens (including phenoxy) is 1. The van der Waals surface area contributed by atoms with Gasteiger partial charge in [-0.2, -0.15) is 0 Å². The molecule has 71 heavy (non-hydrogen) atoms. The summed E-state index contributed by atoms with van der Waals surface area (Å²) in [6.45, 7) is 7.01. The molecule has 0 spiro atoms.